The highest BCUT2D eigenvalue weighted by molar-refractivity contribution is 5.94. The maximum atomic E-state index is 12.0. The van der Waals surface area contributed by atoms with Gasteiger partial charge in [-0.1, -0.05) is 29.8 Å². The van der Waals surface area contributed by atoms with E-state index in [1.165, 1.54) is 0 Å². The van der Waals surface area contributed by atoms with Crippen LogP contribution in [-0.2, 0) is 6.42 Å². The number of aromatic nitrogens is 2. The fraction of sp³-hybridized carbons (Fsp3) is 0.176. The van der Waals surface area contributed by atoms with Crippen molar-refractivity contribution in [2.75, 3.05) is 6.54 Å². The fourth-order valence-corrected chi connectivity index (χ4v) is 2.37. The third-order valence-electron chi connectivity index (χ3n) is 3.44. The van der Waals surface area contributed by atoms with Gasteiger partial charge < -0.3 is 5.32 Å². The molecule has 0 aliphatic heterocycles. The Hall–Kier alpha value is -2.62. The van der Waals surface area contributed by atoms with Crippen LogP contribution in [0.2, 0.25) is 0 Å². The number of rotatable bonds is 4. The van der Waals surface area contributed by atoms with Crippen molar-refractivity contribution in [3.05, 3.63) is 65.5 Å². The number of H-pyrrole nitrogens is 2. The van der Waals surface area contributed by atoms with Gasteiger partial charge in [-0.05, 0) is 31.2 Å². The molecule has 0 unspecified atom stereocenters. The minimum absolute atomic E-state index is 0.0326. The summed E-state index contributed by atoms with van der Waals surface area (Å²) in [5.74, 6) is 0.982. The van der Waals surface area contributed by atoms with Gasteiger partial charge in [0.05, 0.1) is 6.42 Å². The third kappa shape index (κ3) is 3.11. The zero-order valence-electron chi connectivity index (χ0n) is 11.9. The topological polar surface area (TPSA) is 59.0 Å². The van der Waals surface area contributed by atoms with Gasteiger partial charge in [-0.2, -0.15) is 0 Å². The molecule has 0 spiro atoms. The Morgan fingerprint density at radius 1 is 1.19 bits per heavy atom. The summed E-state index contributed by atoms with van der Waals surface area (Å²) in [5, 5.41) is 2.94. The molecule has 1 amide bonds. The van der Waals surface area contributed by atoms with Crippen molar-refractivity contribution in [3.8, 4) is 0 Å². The van der Waals surface area contributed by atoms with Crippen LogP contribution < -0.4 is 10.3 Å². The van der Waals surface area contributed by atoms with Crippen molar-refractivity contribution >= 4 is 16.9 Å². The Labute approximate surface area is 123 Å². The lowest BCUT2D eigenvalue weighted by Gasteiger charge is -2.03. The molecule has 0 atom stereocenters. The molecule has 3 rings (SSSR count). The minimum atomic E-state index is -0.0326. The Bertz CT molecular complexity index is 743. The van der Waals surface area contributed by atoms with Crippen LogP contribution in [0.25, 0.3) is 11.0 Å². The standard InChI is InChI=1S/C17H17N3O/c1-12-5-4-6-13(11-12)17(21)18-10-9-16-19-14-7-2-3-8-15(14)20-16/h2-8,11H,9-10H2,1H3,(H,18,21)(H,19,20)/p+1. The largest absolute Gasteiger partial charge is 0.351 e. The molecule has 0 bridgehead atoms. The molecule has 3 aromatic rings. The Balaban J connectivity index is 1.59. The maximum Gasteiger partial charge on any atom is 0.254 e. The van der Waals surface area contributed by atoms with Gasteiger partial charge in [-0.15, -0.1) is 0 Å². The number of aromatic amines is 2. The molecule has 3 N–H and O–H groups in total. The Kier molecular flexibility index (Phi) is 3.69. The zero-order chi connectivity index (χ0) is 14.7. The Morgan fingerprint density at radius 2 is 2.05 bits per heavy atom. The van der Waals surface area contributed by atoms with Gasteiger partial charge in [0.25, 0.3) is 11.7 Å². The summed E-state index contributed by atoms with van der Waals surface area (Å²) >= 11 is 0. The number of carbonyl (C=O) groups is 1. The van der Waals surface area contributed by atoms with Crippen molar-refractivity contribution in [2.24, 2.45) is 0 Å². The SMILES string of the molecule is Cc1cccc(C(=O)NCCc2[nH]c3ccccc3[nH+]2)c1. The lowest BCUT2D eigenvalue weighted by molar-refractivity contribution is -0.357. The van der Waals surface area contributed by atoms with Crippen molar-refractivity contribution in [1.82, 2.24) is 10.3 Å². The Morgan fingerprint density at radius 3 is 2.86 bits per heavy atom. The number of benzene rings is 2. The average Bonchev–Trinajstić information content (AvgIpc) is 2.89. The predicted molar refractivity (Wildman–Crippen MR) is 82.1 cm³/mol. The molecule has 21 heavy (non-hydrogen) atoms. The van der Waals surface area contributed by atoms with Crippen LogP contribution in [0.4, 0.5) is 0 Å². The average molecular weight is 280 g/mol. The van der Waals surface area contributed by atoms with Crippen molar-refractivity contribution < 1.29 is 9.78 Å². The highest BCUT2D eigenvalue weighted by atomic mass is 16.1. The molecular weight excluding hydrogens is 262 g/mol. The highest BCUT2D eigenvalue weighted by Gasteiger charge is 2.10. The van der Waals surface area contributed by atoms with Crippen molar-refractivity contribution in [1.29, 1.82) is 0 Å². The summed E-state index contributed by atoms with van der Waals surface area (Å²) in [6, 6.07) is 15.7. The van der Waals surface area contributed by atoms with E-state index in [0.717, 1.165) is 28.8 Å². The van der Waals surface area contributed by atoms with Crippen LogP contribution >= 0.6 is 0 Å². The smallest absolute Gasteiger partial charge is 0.254 e. The quantitative estimate of drug-likeness (QED) is 0.756. The van der Waals surface area contributed by atoms with Gasteiger partial charge in [0.2, 0.25) is 0 Å². The molecule has 0 fully saturated rings. The molecule has 2 aromatic carbocycles. The van der Waals surface area contributed by atoms with Gasteiger partial charge in [0.15, 0.2) is 11.0 Å². The van der Waals surface area contributed by atoms with Crippen molar-refractivity contribution in [3.63, 3.8) is 0 Å². The molecule has 4 heteroatoms. The minimum Gasteiger partial charge on any atom is -0.351 e. The van der Waals surface area contributed by atoms with Gasteiger partial charge in [-0.3, -0.25) is 4.79 Å². The molecule has 0 aliphatic carbocycles. The number of hydrogen-bond donors (Lipinski definition) is 2. The van der Waals surface area contributed by atoms with E-state index in [1.807, 2.05) is 55.5 Å². The summed E-state index contributed by atoms with van der Waals surface area (Å²) in [4.78, 5) is 18.7. The second-order valence-corrected chi connectivity index (χ2v) is 5.15. The summed E-state index contributed by atoms with van der Waals surface area (Å²) in [6.07, 6.45) is 0.742. The van der Waals surface area contributed by atoms with Gasteiger partial charge >= 0.3 is 0 Å². The first-order valence-corrected chi connectivity index (χ1v) is 7.06. The van der Waals surface area contributed by atoms with Crippen LogP contribution in [0.5, 0.6) is 0 Å². The summed E-state index contributed by atoms with van der Waals surface area (Å²) < 4.78 is 0. The number of aryl methyl sites for hydroxylation is 1. The predicted octanol–water partition coefficient (Wildman–Crippen LogP) is 2.26. The maximum absolute atomic E-state index is 12.0. The lowest BCUT2D eigenvalue weighted by Crippen LogP contribution is -2.27. The fourth-order valence-electron chi connectivity index (χ4n) is 2.37. The van der Waals surface area contributed by atoms with Gasteiger partial charge in [-0.25, -0.2) is 9.97 Å². The molecule has 0 radical (unpaired) electrons. The second-order valence-electron chi connectivity index (χ2n) is 5.15. The highest BCUT2D eigenvalue weighted by Crippen LogP contribution is 2.06. The number of fused-ring (bicyclic) bond motifs is 1. The molecule has 4 nitrogen and oxygen atoms in total. The van der Waals surface area contributed by atoms with Crippen molar-refractivity contribution in [2.45, 2.75) is 13.3 Å². The number of hydrogen-bond acceptors (Lipinski definition) is 1. The molecule has 0 saturated carbocycles. The lowest BCUT2D eigenvalue weighted by atomic mass is 10.1. The molecule has 1 aromatic heterocycles. The van der Waals surface area contributed by atoms with E-state index in [1.54, 1.807) is 0 Å². The van der Waals surface area contributed by atoms with Crippen LogP contribution in [0.15, 0.2) is 48.5 Å². The molecule has 1 heterocycles. The first kappa shape index (κ1) is 13.4. The first-order chi connectivity index (χ1) is 10.2. The van der Waals surface area contributed by atoms with Crippen LogP contribution in [-0.4, -0.2) is 17.4 Å². The summed E-state index contributed by atoms with van der Waals surface area (Å²) in [5.41, 5.74) is 3.96. The van der Waals surface area contributed by atoms with E-state index in [0.29, 0.717) is 12.1 Å². The van der Waals surface area contributed by atoms with E-state index >= 15 is 0 Å². The molecular formula is C17H18N3O+. The zero-order valence-corrected chi connectivity index (χ0v) is 11.9. The van der Waals surface area contributed by atoms with E-state index in [-0.39, 0.29) is 5.91 Å². The van der Waals surface area contributed by atoms with E-state index in [2.05, 4.69) is 15.3 Å². The van der Waals surface area contributed by atoms with Gasteiger partial charge in [0.1, 0.15) is 0 Å². The number of nitrogens with one attached hydrogen (secondary N) is 3. The second kappa shape index (κ2) is 5.79. The van der Waals surface area contributed by atoms with Gasteiger partial charge in [0, 0.05) is 12.1 Å². The monoisotopic (exact) mass is 280 g/mol. The van der Waals surface area contributed by atoms with Crippen LogP contribution in [0.3, 0.4) is 0 Å². The van der Waals surface area contributed by atoms with E-state index in [9.17, 15) is 4.79 Å². The van der Waals surface area contributed by atoms with E-state index < -0.39 is 0 Å². The normalized spacial score (nSPS) is 10.7. The first-order valence-electron chi connectivity index (χ1n) is 7.06. The molecule has 0 aliphatic rings. The van der Waals surface area contributed by atoms with Crippen LogP contribution in [0.1, 0.15) is 21.7 Å². The van der Waals surface area contributed by atoms with E-state index in [4.69, 9.17) is 0 Å². The molecule has 106 valence electrons. The number of imidazole rings is 1. The summed E-state index contributed by atoms with van der Waals surface area (Å²) in [7, 11) is 0. The summed E-state index contributed by atoms with van der Waals surface area (Å²) in [6.45, 7) is 2.58. The third-order valence-corrected chi connectivity index (χ3v) is 3.44. The molecule has 0 saturated heterocycles. The number of para-hydroxylation sites is 2. The van der Waals surface area contributed by atoms with Crippen LogP contribution in [0, 0.1) is 6.92 Å². The number of carbonyl (C=O) groups excluding carboxylic acids is 1. The number of amides is 1.